The van der Waals surface area contributed by atoms with Gasteiger partial charge in [-0.1, -0.05) is 5.16 Å². The quantitative estimate of drug-likeness (QED) is 0.869. The summed E-state index contributed by atoms with van der Waals surface area (Å²) in [6.45, 7) is 7.63. The highest BCUT2D eigenvalue weighted by Gasteiger charge is 2.32. The fourth-order valence-corrected chi connectivity index (χ4v) is 3.09. The molecule has 122 valence electrons. The molecule has 1 saturated carbocycles. The number of aryl methyl sites for hydroxylation is 2. The smallest absolute Gasteiger partial charge is 0.227 e. The van der Waals surface area contributed by atoms with Crippen LogP contribution in [0.1, 0.15) is 29.9 Å². The third kappa shape index (κ3) is 3.50. The number of aliphatic hydroxyl groups is 1. The van der Waals surface area contributed by atoms with Crippen LogP contribution in [0.5, 0.6) is 0 Å². The lowest BCUT2D eigenvalue weighted by Gasteiger charge is -2.35. The Morgan fingerprint density at radius 1 is 1.32 bits per heavy atom. The van der Waals surface area contributed by atoms with Crippen LogP contribution in [0.3, 0.4) is 0 Å². The van der Waals surface area contributed by atoms with E-state index in [0.717, 1.165) is 62.6 Å². The zero-order chi connectivity index (χ0) is 15.7. The molecule has 0 spiro atoms. The van der Waals surface area contributed by atoms with Crippen molar-refractivity contribution in [2.45, 2.75) is 39.2 Å². The van der Waals surface area contributed by atoms with Crippen molar-refractivity contribution < 1.29 is 14.4 Å². The van der Waals surface area contributed by atoms with Crippen molar-refractivity contribution in [2.24, 2.45) is 5.92 Å². The van der Waals surface area contributed by atoms with Gasteiger partial charge in [0.1, 0.15) is 5.76 Å². The number of carbonyl (C=O) groups is 1. The van der Waals surface area contributed by atoms with Gasteiger partial charge in [0.25, 0.3) is 0 Å². The summed E-state index contributed by atoms with van der Waals surface area (Å²) in [6.07, 6.45) is 2.50. The monoisotopic (exact) mass is 307 g/mol. The zero-order valence-corrected chi connectivity index (χ0v) is 13.4. The second-order valence-electron chi connectivity index (χ2n) is 6.57. The number of piperazine rings is 1. The van der Waals surface area contributed by atoms with Gasteiger partial charge in [0, 0.05) is 38.3 Å². The molecule has 1 aliphatic heterocycles. The van der Waals surface area contributed by atoms with Crippen LogP contribution >= 0.6 is 0 Å². The molecule has 1 amide bonds. The summed E-state index contributed by atoms with van der Waals surface area (Å²) < 4.78 is 5.12. The number of nitrogens with zero attached hydrogens (tertiary/aromatic N) is 3. The normalized spacial score (nSPS) is 21.1. The van der Waals surface area contributed by atoms with E-state index in [9.17, 15) is 9.90 Å². The van der Waals surface area contributed by atoms with Crippen LogP contribution < -0.4 is 0 Å². The van der Waals surface area contributed by atoms with Gasteiger partial charge in [0.05, 0.1) is 18.2 Å². The molecule has 3 rings (SSSR count). The minimum absolute atomic E-state index is 0.136. The van der Waals surface area contributed by atoms with E-state index in [1.807, 2.05) is 18.7 Å². The minimum atomic E-state index is -0.190. The molecule has 6 nitrogen and oxygen atoms in total. The lowest BCUT2D eigenvalue weighted by molar-refractivity contribution is -0.132. The molecule has 22 heavy (non-hydrogen) atoms. The second-order valence-corrected chi connectivity index (χ2v) is 6.57. The summed E-state index contributed by atoms with van der Waals surface area (Å²) in [5, 5.41) is 13.9. The summed E-state index contributed by atoms with van der Waals surface area (Å²) in [5.74, 6) is 1.38. The molecular weight excluding hydrogens is 282 g/mol. The summed E-state index contributed by atoms with van der Waals surface area (Å²) in [4.78, 5) is 16.6. The van der Waals surface area contributed by atoms with Crippen LogP contribution in [0.2, 0.25) is 0 Å². The van der Waals surface area contributed by atoms with E-state index < -0.39 is 0 Å². The lowest BCUT2D eigenvalue weighted by atomic mass is 10.1. The Bertz CT molecular complexity index is 511. The number of rotatable bonds is 5. The Kier molecular flexibility index (Phi) is 4.49. The molecule has 6 heteroatoms. The number of carbonyl (C=O) groups excluding carboxylic acids is 1. The van der Waals surface area contributed by atoms with Crippen molar-refractivity contribution in [3.63, 3.8) is 0 Å². The number of hydrogen-bond donors (Lipinski definition) is 1. The number of aliphatic hydroxyl groups excluding tert-OH is 1. The summed E-state index contributed by atoms with van der Waals surface area (Å²) in [7, 11) is 0. The number of hydrogen-bond acceptors (Lipinski definition) is 5. The first-order valence-electron chi connectivity index (χ1n) is 8.14. The average molecular weight is 307 g/mol. The van der Waals surface area contributed by atoms with Crippen molar-refractivity contribution in [2.75, 3.05) is 32.7 Å². The largest absolute Gasteiger partial charge is 0.392 e. The summed E-state index contributed by atoms with van der Waals surface area (Å²) in [5.41, 5.74) is 1.72. The lowest BCUT2D eigenvalue weighted by Crippen LogP contribution is -2.51. The van der Waals surface area contributed by atoms with Gasteiger partial charge in [-0.05, 0) is 32.6 Å². The molecular formula is C16H25N3O3. The highest BCUT2D eigenvalue weighted by molar-refractivity contribution is 5.79. The molecule has 2 heterocycles. The molecule has 1 aromatic rings. The molecule has 1 aliphatic carbocycles. The highest BCUT2D eigenvalue weighted by Crippen LogP contribution is 2.32. The van der Waals surface area contributed by atoms with E-state index in [-0.39, 0.29) is 12.0 Å². The Balaban J connectivity index is 1.47. The molecule has 2 aliphatic rings. The first kappa shape index (κ1) is 15.5. The fourth-order valence-electron chi connectivity index (χ4n) is 3.09. The van der Waals surface area contributed by atoms with Crippen LogP contribution in [0.4, 0.5) is 0 Å². The second kappa shape index (κ2) is 6.38. The maximum absolute atomic E-state index is 12.4. The molecule has 1 aromatic heterocycles. The van der Waals surface area contributed by atoms with Crippen LogP contribution in [-0.2, 0) is 11.2 Å². The zero-order valence-electron chi connectivity index (χ0n) is 13.4. The maximum Gasteiger partial charge on any atom is 0.227 e. The van der Waals surface area contributed by atoms with Gasteiger partial charge in [-0.15, -0.1) is 0 Å². The van der Waals surface area contributed by atoms with Crippen LogP contribution in [0, 0.1) is 19.8 Å². The molecule has 0 bridgehead atoms. The Labute approximate surface area is 131 Å². The van der Waals surface area contributed by atoms with Gasteiger partial charge in [-0.2, -0.15) is 0 Å². The van der Waals surface area contributed by atoms with E-state index >= 15 is 0 Å². The van der Waals surface area contributed by atoms with E-state index in [4.69, 9.17) is 4.52 Å². The minimum Gasteiger partial charge on any atom is -0.392 e. The van der Waals surface area contributed by atoms with Crippen LogP contribution in [0.25, 0.3) is 0 Å². The highest BCUT2D eigenvalue weighted by atomic mass is 16.5. The maximum atomic E-state index is 12.4. The third-order valence-electron chi connectivity index (χ3n) is 4.85. The Morgan fingerprint density at radius 3 is 2.55 bits per heavy atom. The molecule has 1 atom stereocenters. The Morgan fingerprint density at radius 2 is 2.00 bits per heavy atom. The SMILES string of the molecule is Cc1noc(C)c1CC(=O)N1CCN(C[C@@H](O)C2CC2)CC1. The topological polar surface area (TPSA) is 69.8 Å². The van der Waals surface area contributed by atoms with Crippen molar-refractivity contribution in [3.8, 4) is 0 Å². The molecule has 2 fully saturated rings. The fraction of sp³-hybridized carbons (Fsp3) is 0.750. The van der Waals surface area contributed by atoms with E-state index in [1.165, 1.54) is 0 Å². The number of β-amino-alcohol motifs (C(OH)–C–C–N with tert-alkyl or cyclic N) is 1. The van der Waals surface area contributed by atoms with Crippen molar-refractivity contribution >= 4 is 5.91 Å². The van der Waals surface area contributed by atoms with Gasteiger partial charge in [0.2, 0.25) is 5.91 Å². The Hall–Kier alpha value is -1.40. The summed E-state index contributed by atoms with van der Waals surface area (Å²) in [6, 6.07) is 0. The molecule has 1 N–H and O–H groups in total. The van der Waals surface area contributed by atoms with Gasteiger partial charge < -0.3 is 14.5 Å². The average Bonchev–Trinajstić information content (AvgIpc) is 3.31. The molecule has 0 aromatic carbocycles. The van der Waals surface area contributed by atoms with Gasteiger partial charge in [-0.25, -0.2) is 0 Å². The molecule has 0 radical (unpaired) electrons. The van der Waals surface area contributed by atoms with Gasteiger partial charge >= 0.3 is 0 Å². The van der Waals surface area contributed by atoms with Crippen LogP contribution in [-0.4, -0.2) is 64.8 Å². The van der Waals surface area contributed by atoms with Crippen molar-refractivity contribution in [3.05, 3.63) is 17.0 Å². The molecule has 1 saturated heterocycles. The van der Waals surface area contributed by atoms with E-state index in [2.05, 4.69) is 10.1 Å². The third-order valence-corrected chi connectivity index (χ3v) is 4.85. The first-order valence-corrected chi connectivity index (χ1v) is 8.14. The van der Waals surface area contributed by atoms with Crippen LogP contribution in [0.15, 0.2) is 4.52 Å². The summed E-state index contributed by atoms with van der Waals surface area (Å²) >= 11 is 0. The van der Waals surface area contributed by atoms with Gasteiger partial charge in [0.15, 0.2) is 0 Å². The standard InChI is InChI=1S/C16H25N3O3/c1-11-14(12(2)22-17-11)9-16(21)19-7-5-18(6-8-19)10-15(20)13-3-4-13/h13,15,20H,3-10H2,1-2H3/t15-/m1/s1. The number of amides is 1. The van der Waals surface area contributed by atoms with Crippen molar-refractivity contribution in [1.29, 1.82) is 0 Å². The van der Waals surface area contributed by atoms with E-state index in [0.29, 0.717) is 12.3 Å². The number of aromatic nitrogens is 1. The predicted molar refractivity (Wildman–Crippen MR) is 81.4 cm³/mol. The molecule has 0 unspecified atom stereocenters. The predicted octanol–water partition coefficient (Wildman–Crippen LogP) is 0.749. The van der Waals surface area contributed by atoms with E-state index in [1.54, 1.807) is 0 Å². The van der Waals surface area contributed by atoms with Crippen molar-refractivity contribution in [1.82, 2.24) is 15.0 Å². The first-order chi connectivity index (χ1) is 10.5. The van der Waals surface area contributed by atoms with Gasteiger partial charge in [-0.3, -0.25) is 9.69 Å².